The van der Waals surface area contributed by atoms with Crippen molar-refractivity contribution in [3.8, 4) is 0 Å². The molecule has 4 heteroatoms. The highest BCUT2D eigenvalue weighted by Crippen LogP contribution is 2.17. The number of hydrogen-bond donors (Lipinski definition) is 3. The SMILES string of the molecule is CN1CCCC(Nc2ccc(NN)cc2)C1. The molecule has 0 amide bonds. The van der Waals surface area contributed by atoms with E-state index in [2.05, 4.69) is 34.8 Å². The van der Waals surface area contributed by atoms with Crippen LogP contribution < -0.4 is 16.6 Å². The van der Waals surface area contributed by atoms with Crippen LogP contribution in [0.1, 0.15) is 12.8 Å². The minimum Gasteiger partial charge on any atom is -0.381 e. The number of likely N-dealkylation sites (N-methyl/N-ethyl adjacent to an activating group) is 1. The van der Waals surface area contributed by atoms with Crippen molar-refractivity contribution in [3.05, 3.63) is 24.3 Å². The van der Waals surface area contributed by atoms with E-state index >= 15 is 0 Å². The highest BCUT2D eigenvalue weighted by atomic mass is 15.2. The smallest absolute Gasteiger partial charge is 0.0486 e. The second kappa shape index (κ2) is 5.18. The van der Waals surface area contributed by atoms with Crippen LogP contribution in [0.2, 0.25) is 0 Å². The molecule has 1 saturated heterocycles. The molecule has 4 nitrogen and oxygen atoms in total. The number of rotatable bonds is 3. The molecule has 1 aliphatic rings. The van der Waals surface area contributed by atoms with Crippen molar-refractivity contribution in [1.29, 1.82) is 0 Å². The van der Waals surface area contributed by atoms with Crippen molar-refractivity contribution < 1.29 is 0 Å². The Morgan fingerprint density at radius 2 is 1.94 bits per heavy atom. The maximum atomic E-state index is 5.33. The molecule has 1 unspecified atom stereocenters. The molecule has 88 valence electrons. The molecule has 4 N–H and O–H groups in total. The minimum absolute atomic E-state index is 0.565. The Bertz CT molecular complexity index is 322. The summed E-state index contributed by atoms with van der Waals surface area (Å²) in [6.07, 6.45) is 2.53. The van der Waals surface area contributed by atoms with E-state index in [1.54, 1.807) is 0 Å². The fraction of sp³-hybridized carbons (Fsp3) is 0.500. The van der Waals surface area contributed by atoms with Crippen LogP contribution in [0.3, 0.4) is 0 Å². The van der Waals surface area contributed by atoms with Gasteiger partial charge >= 0.3 is 0 Å². The van der Waals surface area contributed by atoms with Gasteiger partial charge in [0.25, 0.3) is 0 Å². The third-order valence-corrected chi connectivity index (χ3v) is 3.05. The van der Waals surface area contributed by atoms with Crippen molar-refractivity contribution in [3.63, 3.8) is 0 Å². The fourth-order valence-electron chi connectivity index (χ4n) is 2.18. The van der Waals surface area contributed by atoms with E-state index in [0.29, 0.717) is 6.04 Å². The van der Waals surface area contributed by atoms with Gasteiger partial charge in [-0.1, -0.05) is 0 Å². The standard InChI is InChI=1S/C12H20N4/c1-16-8-2-3-12(9-16)14-10-4-6-11(15-13)7-5-10/h4-7,12,14-15H,2-3,8-9,13H2,1H3. The minimum atomic E-state index is 0.565. The number of nitrogens with one attached hydrogen (secondary N) is 2. The van der Waals surface area contributed by atoms with Gasteiger partial charge in [0.2, 0.25) is 0 Å². The van der Waals surface area contributed by atoms with Gasteiger partial charge in [-0.05, 0) is 50.7 Å². The van der Waals surface area contributed by atoms with Crippen LogP contribution in [0.15, 0.2) is 24.3 Å². The first-order valence-corrected chi connectivity index (χ1v) is 5.79. The number of benzene rings is 1. The van der Waals surface area contributed by atoms with Crippen molar-refractivity contribution in [2.45, 2.75) is 18.9 Å². The van der Waals surface area contributed by atoms with E-state index in [9.17, 15) is 0 Å². The summed E-state index contributed by atoms with van der Waals surface area (Å²) in [6, 6.07) is 8.65. The van der Waals surface area contributed by atoms with Gasteiger partial charge in [0.05, 0.1) is 0 Å². The third-order valence-electron chi connectivity index (χ3n) is 3.05. The summed E-state index contributed by atoms with van der Waals surface area (Å²) in [4.78, 5) is 2.37. The molecular weight excluding hydrogens is 200 g/mol. The zero-order chi connectivity index (χ0) is 11.4. The number of hydrogen-bond acceptors (Lipinski definition) is 4. The summed E-state index contributed by atoms with van der Waals surface area (Å²) in [5.41, 5.74) is 4.73. The van der Waals surface area contributed by atoms with Crippen molar-refractivity contribution in [2.24, 2.45) is 5.84 Å². The summed E-state index contributed by atoms with van der Waals surface area (Å²) < 4.78 is 0. The molecule has 16 heavy (non-hydrogen) atoms. The third kappa shape index (κ3) is 2.87. The lowest BCUT2D eigenvalue weighted by Crippen LogP contribution is -2.39. The van der Waals surface area contributed by atoms with E-state index < -0.39 is 0 Å². The monoisotopic (exact) mass is 220 g/mol. The van der Waals surface area contributed by atoms with Crippen LogP contribution in [0.5, 0.6) is 0 Å². The zero-order valence-corrected chi connectivity index (χ0v) is 9.74. The van der Waals surface area contributed by atoms with Crippen molar-refractivity contribution >= 4 is 11.4 Å². The Balaban J connectivity index is 1.92. The summed E-state index contributed by atoms with van der Waals surface area (Å²) in [5, 5.41) is 3.55. The molecule has 1 aromatic carbocycles. The first-order valence-electron chi connectivity index (χ1n) is 5.79. The van der Waals surface area contributed by atoms with Gasteiger partial charge in [-0.15, -0.1) is 0 Å². The molecule has 0 aliphatic carbocycles. The van der Waals surface area contributed by atoms with Crippen LogP contribution in [0.25, 0.3) is 0 Å². The van der Waals surface area contributed by atoms with Gasteiger partial charge in [-0.25, -0.2) is 0 Å². The molecule has 0 spiro atoms. The quantitative estimate of drug-likeness (QED) is 0.533. The van der Waals surface area contributed by atoms with Gasteiger partial charge in [-0.3, -0.25) is 5.84 Å². The first kappa shape index (κ1) is 11.2. The molecule has 0 bridgehead atoms. The summed E-state index contributed by atoms with van der Waals surface area (Å²) in [6.45, 7) is 2.34. The predicted molar refractivity (Wildman–Crippen MR) is 68.4 cm³/mol. The predicted octanol–water partition coefficient (Wildman–Crippen LogP) is 1.48. The Kier molecular flexibility index (Phi) is 3.64. The van der Waals surface area contributed by atoms with Crippen LogP contribution in [-0.2, 0) is 0 Å². The zero-order valence-electron chi connectivity index (χ0n) is 9.74. The molecule has 2 rings (SSSR count). The lowest BCUT2D eigenvalue weighted by Gasteiger charge is -2.30. The molecule has 0 saturated carbocycles. The van der Waals surface area contributed by atoms with E-state index in [-0.39, 0.29) is 0 Å². The van der Waals surface area contributed by atoms with Gasteiger partial charge in [-0.2, -0.15) is 0 Å². The van der Waals surface area contributed by atoms with E-state index in [4.69, 9.17) is 5.84 Å². The summed E-state index contributed by atoms with van der Waals surface area (Å²) in [7, 11) is 2.18. The molecule has 1 heterocycles. The molecule has 1 aliphatic heterocycles. The number of hydrazine groups is 1. The molecule has 1 fully saturated rings. The fourth-order valence-corrected chi connectivity index (χ4v) is 2.18. The Labute approximate surface area is 96.8 Å². The van der Waals surface area contributed by atoms with Crippen LogP contribution in [-0.4, -0.2) is 31.1 Å². The average molecular weight is 220 g/mol. The number of anilines is 2. The lowest BCUT2D eigenvalue weighted by atomic mass is 10.1. The largest absolute Gasteiger partial charge is 0.381 e. The Morgan fingerprint density at radius 3 is 2.56 bits per heavy atom. The maximum Gasteiger partial charge on any atom is 0.0486 e. The van der Waals surface area contributed by atoms with Crippen LogP contribution in [0, 0.1) is 0 Å². The molecule has 0 radical (unpaired) electrons. The van der Waals surface area contributed by atoms with Gasteiger partial charge in [0.1, 0.15) is 0 Å². The first-order chi connectivity index (χ1) is 7.78. The molecule has 0 aromatic heterocycles. The lowest BCUT2D eigenvalue weighted by molar-refractivity contribution is 0.261. The highest BCUT2D eigenvalue weighted by Gasteiger charge is 2.16. The van der Waals surface area contributed by atoms with E-state index in [0.717, 1.165) is 12.2 Å². The number of nitrogens with two attached hydrogens (primary N) is 1. The van der Waals surface area contributed by atoms with Gasteiger partial charge in [0.15, 0.2) is 0 Å². The van der Waals surface area contributed by atoms with Crippen molar-refractivity contribution in [2.75, 3.05) is 30.9 Å². The summed E-state index contributed by atoms with van der Waals surface area (Å²) in [5.74, 6) is 5.33. The number of nitrogen functional groups attached to an aromatic ring is 1. The average Bonchev–Trinajstić information content (AvgIpc) is 2.30. The summed E-state index contributed by atoms with van der Waals surface area (Å²) >= 11 is 0. The number of nitrogens with zero attached hydrogens (tertiary/aromatic N) is 1. The van der Waals surface area contributed by atoms with Gasteiger partial charge in [0, 0.05) is 24.0 Å². The molecular formula is C12H20N4. The molecule has 1 atom stereocenters. The van der Waals surface area contributed by atoms with E-state index in [1.165, 1.54) is 25.1 Å². The maximum absolute atomic E-state index is 5.33. The molecule has 1 aromatic rings. The van der Waals surface area contributed by atoms with Crippen LogP contribution in [0.4, 0.5) is 11.4 Å². The number of likely N-dealkylation sites (tertiary alicyclic amines) is 1. The second-order valence-corrected chi connectivity index (χ2v) is 4.47. The normalized spacial score (nSPS) is 21.8. The van der Waals surface area contributed by atoms with Gasteiger partial charge < -0.3 is 15.6 Å². The Hall–Kier alpha value is -1.26. The second-order valence-electron chi connectivity index (χ2n) is 4.47. The van der Waals surface area contributed by atoms with Crippen molar-refractivity contribution in [1.82, 2.24) is 4.90 Å². The van der Waals surface area contributed by atoms with Crippen LogP contribution >= 0.6 is 0 Å². The highest BCUT2D eigenvalue weighted by molar-refractivity contribution is 5.53. The van der Waals surface area contributed by atoms with E-state index in [1.807, 2.05) is 12.1 Å². The number of piperidine rings is 1. The Morgan fingerprint density at radius 1 is 1.25 bits per heavy atom. The topological polar surface area (TPSA) is 53.3 Å².